The van der Waals surface area contributed by atoms with E-state index < -0.39 is 8.32 Å². The van der Waals surface area contributed by atoms with E-state index in [0.29, 0.717) is 6.04 Å². The fourth-order valence-electron chi connectivity index (χ4n) is 6.37. The van der Waals surface area contributed by atoms with E-state index in [0.717, 1.165) is 32.7 Å². The minimum Gasteiger partial charge on any atom is -0.406 e. The fraction of sp³-hybridized carbons (Fsp3) is 0.636. The minimum absolute atomic E-state index is 0.0337. The van der Waals surface area contributed by atoms with Gasteiger partial charge in [-0.05, 0) is 73.4 Å². The molecule has 5 heteroatoms. The molecule has 2 aliphatic heterocycles. The summed E-state index contributed by atoms with van der Waals surface area (Å²) in [6, 6.07) is 22.6. The van der Waals surface area contributed by atoms with E-state index in [1.165, 1.54) is 74.8 Å². The molecule has 2 aromatic rings. The SMILES string of the molecule is CC(C)(C)[Si](OC[C@@H]1CCCN1CCCCCCCOC1CCCCO1)(c1ccccc1)c1ccccc1. The molecule has 4 rings (SSSR count). The van der Waals surface area contributed by atoms with Crippen molar-refractivity contribution in [2.24, 2.45) is 0 Å². The van der Waals surface area contributed by atoms with Crippen LogP contribution >= 0.6 is 0 Å². The average Bonchev–Trinajstić information content (AvgIpc) is 3.39. The molecule has 2 fully saturated rings. The molecule has 0 bridgehead atoms. The van der Waals surface area contributed by atoms with Gasteiger partial charge in [0.1, 0.15) is 0 Å². The first-order valence-corrected chi connectivity index (χ1v) is 17.1. The largest absolute Gasteiger partial charge is 0.406 e. The smallest absolute Gasteiger partial charge is 0.261 e. The van der Waals surface area contributed by atoms with Crippen molar-refractivity contribution < 1.29 is 13.9 Å². The van der Waals surface area contributed by atoms with Crippen LogP contribution in [0, 0.1) is 0 Å². The quantitative estimate of drug-likeness (QED) is 0.203. The molecular weight excluding hydrogens is 486 g/mol. The predicted octanol–water partition coefficient (Wildman–Crippen LogP) is 6.52. The summed E-state index contributed by atoms with van der Waals surface area (Å²) in [5.74, 6) is 0. The second kappa shape index (κ2) is 14.8. The molecule has 0 aliphatic carbocycles. The molecule has 0 saturated carbocycles. The standard InChI is InChI=1S/C33H51NO3Si/c1-33(2,3)38(30-19-9-7-10-20-30,31-21-11-8-12-22-31)37-28-29-18-17-25-34(29)24-14-5-4-6-15-26-35-32-23-13-16-27-36-32/h7-12,19-22,29,32H,4-6,13-18,23-28H2,1-3H3/t29-,32?/m0/s1. The number of ether oxygens (including phenoxy) is 2. The van der Waals surface area contributed by atoms with Gasteiger partial charge < -0.3 is 13.9 Å². The van der Waals surface area contributed by atoms with Gasteiger partial charge in [-0.1, -0.05) is 101 Å². The zero-order valence-corrected chi connectivity index (χ0v) is 25.2. The topological polar surface area (TPSA) is 30.9 Å². The molecule has 0 spiro atoms. The van der Waals surface area contributed by atoms with E-state index in [-0.39, 0.29) is 11.3 Å². The Morgan fingerprint density at radius 1 is 0.816 bits per heavy atom. The first-order valence-electron chi connectivity index (χ1n) is 15.2. The molecule has 0 radical (unpaired) electrons. The van der Waals surface area contributed by atoms with E-state index in [9.17, 15) is 0 Å². The summed E-state index contributed by atoms with van der Waals surface area (Å²) in [7, 11) is -2.46. The molecular formula is C33H51NO3Si. The maximum atomic E-state index is 7.28. The number of likely N-dealkylation sites (tertiary alicyclic amines) is 1. The summed E-state index contributed by atoms with van der Waals surface area (Å²) in [5, 5.41) is 2.79. The van der Waals surface area contributed by atoms with Crippen molar-refractivity contribution in [3.05, 3.63) is 60.7 Å². The lowest BCUT2D eigenvalue weighted by molar-refractivity contribution is -0.162. The van der Waals surface area contributed by atoms with Crippen molar-refractivity contribution in [1.29, 1.82) is 0 Å². The first kappa shape index (κ1) is 29.5. The third kappa shape index (κ3) is 7.79. The minimum atomic E-state index is -2.46. The van der Waals surface area contributed by atoms with Crippen molar-refractivity contribution in [2.45, 2.75) is 102 Å². The second-order valence-corrected chi connectivity index (χ2v) is 16.5. The lowest BCUT2D eigenvalue weighted by atomic mass is 10.1. The van der Waals surface area contributed by atoms with Crippen LogP contribution in [0.15, 0.2) is 60.7 Å². The van der Waals surface area contributed by atoms with Crippen LogP contribution in [-0.4, -0.2) is 58.5 Å². The van der Waals surface area contributed by atoms with Crippen LogP contribution in [-0.2, 0) is 13.9 Å². The van der Waals surface area contributed by atoms with Gasteiger partial charge in [-0.3, -0.25) is 4.90 Å². The molecule has 1 unspecified atom stereocenters. The van der Waals surface area contributed by atoms with Crippen LogP contribution < -0.4 is 10.4 Å². The lowest BCUT2D eigenvalue weighted by Crippen LogP contribution is -2.67. The number of nitrogens with zero attached hydrogens (tertiary/aromatic N) is 1. The van der Waals surface area contributed by atoms with E-state index >= 15 is 0 Å². The Bertz CT molecular complexity index is 871. The molecule has 0 N–H and O–H groups in total. The molecule has 2 aliphatic rings. The summed E-state index contributed by atoms with van der Waals surface area (Å²) in [6.07, 6.45) is 12.4. The van der Waals surface area contributed by atoms with Crippen LogP contribution in [0.5, 0.6) is 0 Å². The second-order valence-electron chi connectivity index (χ2n) is 12.2. The Labute approximate surface area is 233 Å². The Hall–Kier alpha value is -1.50. The summed E-state index contributed by atoms with van der Waals surface area (Å²) in [6.45, 7) is 12.1. The molecule has 4 nitrogen and oxygen atoms in total. The first-order chi connectivity index (χ1) is 18.5. The van der Waals surface area contributed by atoms with Gasteiger partial charge in [0.25, 0.3) is 8.32 Å². The number of rotatable bonds is 14. The summed E-state index contributed by atoms with van der Waals surface area (Å²) < 4.78 is 18.8. The maximum Gasteiger partial charge on any atom is 0.261 e. The molecule has 0 amide bonds. The van der Waals surface area contributed by atoms with Crippen molar-refractivity contribution in [3.63, 3.8) is 0 Å². The number of unbranched alkanes of at least 4 members (excludes halogenated alkanes) is 4. The Morgan fingerprint density at radius 2 is 1.47 bits per heavy atom. The van der Waals surface area contributed by atoms with E-state index in [2.05, 4.69) is 86.3 Å². The van der Waals surface area contributed by atoms with Crippen LogP contribution in [0.2, 0.25) is 5.04 Å². The summed E-state index contributed by atoms with van der Waals surface area (Å²) in [4.78, 5) is 2.71. The van der Waals surface area contributed by atoms with Crippen molar-refractivity contribution in [3.8, 4) is 0 Å². The van der Waals surface area contributed by atoms with Gasteiger partial charge in [0.2, 0.25) is 0 Å². The Balaban J connectivity index is 1.27. The van der Waals surface area contributed by atoms with E-state index in [1.54, 1.807) is 0 Å². The molecule has 38 heavy (non-hydrogen) atoms. The average molecular weight is 538 g/mol. The molecule has 210 valence electrons. The van der Waals surface area contributed by atoms with Crippen LogP contribution in [0.25, 0.3) is 0 Å². The third-order valence-electron chi connectivity index (χ3n) is 8.44. The number of hydrogen-bond donors (Lipinski definition) is 0. The predicted molar refractivity (Wildman–Crippen MR) is 161 cm³/mol. The van der Waals surface area contributed by atoms with E-state index in [4.69, 9.17) is 13.9 Å². The highest BCUT2D eigenvalue weighted by Gasteiger charge is 2.50. The van der Waals surface area contributed by atoms with Crippen LogP contribution in [0.1, 0.15) is 85.0 Å². The van der Waals surface area contributed by atoms with E-state index in [1.807, 2.05) is 0 Å². The van der Waals surface area contributed by atoms with Crippen LogP contribution in [0.3, 0.4) is 0 Å². The van der Waals surface area contributed by atoms with Crippen LogP contribution in [0.4, 0.5) is 0 Å². The zero-order chi connectivity index (χ0) is 26.7. The molecule has 2 atom stereocenters. The van der Waals surface area contributed by atoms with Crippen molar-refractivity contribution in [2.75, 3.05) is 32.9 Å². The maximum absolute atomic E-state index is 7.28. The highest BCUT2D eigenvalue weighted by Crippen LogP contribution is 2.37. The van der Waals surface area contributed by atoms with Crippen molar-refractivity contribution in [1.82, 2.24) is 4.90 Å². The Kier molecular flexibility index (Phi) is 11.5. The molecule has 2 heterocycles. The normalized spacial score (nSPS) is 21.1. The highest BCUT2D eigenvalue weighted by atomic mass is 28.4. The number of hydrogen-bond acceptors (Lipinski definition) is 4. The molecule has 0 aromatic heterocycles. The summed E-state index contributed by atoms with van der Waals surface area (Å²) >= 11 is 0. The fourth-order valence-corrected chi connectivity index (χ4v) is 11.0. The lowest BCUT2D eigenvalue weighted by Gasteiger charge is -2.44. The third-order valence-corrected chi connectivity index (χ3v) is 13.4. The van der Waals surface area contributed by atoms with Gasteiger partial charge in [0, 0.05) is 19.3 Å². The molecule has 2 aromatic carbocycles. The monoisotopic (exact) mass is 537 g/mol. The Morgan fingerprint density at radius 3 is 2.11 bits per heavy atom. The van der Waals surface area contributed by atoms with Gasteiger partial charge in [0.15, 0.2) is 6.29 Å². The number of benzene rings is 2. The van der Waals surface area contributed by atoms with Crippen molar-refractivity contribution >= 4 is 18.7 Å². The van der Waals surface area contributed by atoms with Gasteiger partial charge >= 0.3 is 0 Å². The van der Waals surface area contributed by atoms with Gasteiger partial charge in [-0.25, -0.2) is 0 Å². The highest BCUT2D eigenvalue weighted by molar-refractivity contribution is 6.99. The van der Waals surface area contributed by atoms with Gasteiger partial charge in [0.05, 0.1) is 6.61 Å². The van der Waals surface area contributed by atoms with Gasteiger partial charge in [-0.15, -0.1) is 0 Å². The molecule has 2 saturated heterocycles. The summed E-state index contributed by atoms with van der Waals surface area (Å²) in [5.41, 5.74) is 0. The zero-order valence-electron chi connectivity index (χ0n) is 24.2. The van der Waals surface area contributed by atoms with Gasteiger partial charge in [-0.2, -0.15) is 0 Å².